The summed E-state index contributed by atoms with van der Waals surface area (Å²) in [4.78, 5) is 11.3. The maximum absolute atomic E-state index is 4.58. The maximum atomic E-state index is 4.58. The Morgan fingerprint density at radius 2 is 2.00 bits per heavy atom. The quantitative estimate of drug-likeness (QED) is 0.610. The third kappa shape index (κ3) is 4.07. The second-order valence-electron chi connectivity index (χ2n) is 5.89. The van der Waals surface area contributed by atoms with E-state index in [1.807, 2.05) is 13.8 Å². The number of nitrogens with one attached hydrogen (secondary N) is 2. The van der Waals surface area contributed by atoms with Crippen molar-refractivity contribution >= 4 is 12.2 Å². The second kappa shape index (κ2) is 6.88. The zero-order chi connectivity index (χ0) is 14.5. The van der Waals surface area contributed by atoms with E-state index < -0.39 is 0 Å². The predicted molar refractivity (Wildman–Crippen MR) is 85.1 cm³/mol. The van der Waals surface area contributed by atoms with E-state index in [-0.39, 0.29) is 6.17 Å². The molecule has 0 aromatic carbocycles. The predicted octanol–water partition coefficient (Wildman–Crippen LogP) is 1.73. The van der Waals surface area contributed by atoms with Crippen molar-refractivity contribution in [3.8, 4) is 0 Å². The molecule has 0 amide bonds. The topological polar surface area (TPSA) is 52.0 Å². The zero-order valence-corrected chi connectivity index (χ0v) is 13.1. The molecule has 0 radical (unpaired) electrons. The molecule has 1 aliphatic heterocycles. The SMILES string of the molecule is C/C=N\C(=N/C1C=C(C)N1)N[C@H]1CC[C@H](N(C)C)CC1. The molecule has 1 fully saturated rings. The first kappa shape index (κ1) is 15.0. The highest BCUT2D eigenvalue weighted by atomic mass is 15.2. The maximum Gasteiger partial charge on any atom is 0.220 e. The summed E-state index contributed by atoms with van der Waals surface area (Å²) in [6, 6.07) is 1.22. The van der Waals surface area contributed by atoms with Crippen LogP contribution >= 0.6 is 0 Å². The van der Waals surface area contributed by atoms with E-state index in [1.54, 1.807) is 6.21 Å². The summed E-state index contributed by atoms with van der Waals surface area (Å²) in [5.41, 5.74) is 1.19. The van der Waals surface area contributed by atoms with Crippen molar-refractivity contribution in [2.75, 3.05) is 14.1 Å². The lowest BCUT2D eigenvalue weighted by Crippen LogP contribution is -2.43. The first-order valence-corrected chi connectivity index (χ1v) is 7.53. The third-order valence-electron chi connectivity index (χ3n) is 4.06. The number of nitrogens with zero attached hydrogens (tertiary/aromatic N) is 3. The minimum absolute atomic E-state index is 0.0827. The molecule has 0 bridgehead atoms. The molecule has 0 aromatic rings. The van der Waals surface area contributed by atoms with Crippen LogP contribution in [-0.4, -0.2) is 49.4 Å². The van der Waals surface area contributed by atoms with Crippen molar-refractivity contribution < 1.29 is 0 Å². The van der Waals surface area contributed by atoms with Gasteiger partial charge in [0, 0.05) is 24.0 Å². The standard InChI is InChI=1S/C15H27N5/c1-5-16-15(19-14-10-11(2)17-14)18-12-6-8-13(9-7-12)20(3)4/h5,10,12-14,17H,6-9H2,1-4H3,(H,18,19)/b16-5-/t12-,13-,14?. The van der Waals surface area contributed by atoms with Crippen molar-refractivity contribution in [3.05, 3.63) is 11.8 Å². The molecule has 1 unspecified atom stereocenters. The van der Waals surface area contributed by atoms with Crippen molar-refractivity contribution in [2.24, 2.45) is 9.98 Å². The van der Waals surface area contributed by atoms with E-state index >= 15 is 0 Å². The van der Waals surface area contributed by atoms with Crippen LogP contribution < -0.4 is 10.6 Å². The van der Waals surface area contributed by atoms with Crippen molar-refractivity contribution in [1.29, 1.82) is 0 Å². The Morgan fingerprint density at radius 3 is 2.50 bits per heavy atom. The zero-order valence-electron chi connectivity index (χ0n) is 13.1. The van der Waals surface area contributed by atoms with Crippen LogP contribution in [0.3, 0.4) is 0 Å². The minimum atomic E-state index is 0.0827. The van der Waals surface area contributed by atoms with Gasteiger partial charge < -0.3 is 15.5 Å². The van der Waals surface area contributed by atoms with E-state index in [1.165, 1.54) is 31.4 Å². The molecule has 20 heavy (non-hydrogen) atoms. The second-order valence-corrected chi connectivity index (χ2v) is 5.89. The molecule has 1 saturated carbocycles. The molecule has 0 aromatic heterocycles. The molecule has 5 heteroatoms. The average Bonchev–Trinajstić information content (AvgIpc) is 2.38. The third-order valence-corrected chi connectivity index (χ3v) is 4.06. The Labute approximate surface area is 122 Å². The van der Waals surface area contributed by atoms with Gasteiger partial charge in [-0.2, -0.15) is 0 Å². The molecule has 1 aliphatic carbocycles. The summed E-state index contributed by atoms with van der Waals surface area (Å²) < 4.78 is 0. The Balaban J connectivity index is 1.87. The molecule has 1 heterocycles. The van der Waals surface area contributed by atoms with Gasteiger partial charge in [0.15, 0.2) is 0 Å². The highest BCUT2D eigenvalue weighted by Gasteiger charge is 2.23. The Kier molecular flexibility index (Phi) is 5.17. The van der Waals surface area contributed by atoms with E-state index in [0.29, 0.717) is 6.04 Å². The number of allylic oxidation sites excluding steroid dienone is 1. The van der Waals surface area contributed by atoms with Crippen LogP contribution in [0.1, 0.15) is 39.5 Å². The van der Waals surface area contributed by atoms with E-state index in [9.17, 15) is 0 Å². The molecule has 2 aliphatic rings. The summed E-state index contributed by atoms with van der Waals surface area (Å²) in [5, 5.41) is 6.74. The monoisotopic (exact) mass is 277 g/mol. The largest absolute Gasteiger partial charge is 0.364 e. The van der Waals surface area contributed by atoms with Gasteiger partial charge in [-0.3, -0.25) is 0 Å². The van der Waals surface area contributed by atoms with Crippen molar-refractivity contribution in [2.45, 2.75) is 57.8 Å². The van der Waals surface area contributed by atoms with Crippen LogP contribution in [0, 0.1) is 0 Å². The lowest BCUT2D eigenvalue weighted by atomic mass is 9.90. The number of aliphatic imine (C=N–C) groups is 2. The van der Waals surface area contributed by atoms with Gasteiger partial charge in [0.05, 0.1) is 0 Å². The van der Waals surface area contributed by atoms with E-state index in [4.69, 9.17) is 0 Å². The fourth-order valence-electron chi connectivity index (χ4n) is 2.81. The summed E-state index contributed by atoms with van der Waals surface area (Å²) in [6.07, 6.45) is 8.85. The fraction of sp³-hybridized carbons (Fsp3) is 0.733. The number of hydrogen-bond acceptors (Lipinski definition) is 3. The Morgan fingerprint density at radius 1 is 1.35 bits per heavy atom. The van der Waals surface area contributed by atoms with Gasteiger partial charge in [-0.25, -0.2) is 9.98 Å². The molecule has 0 spiro atoms. The fourth-order valence-corrected chi connectivity index (χ4v) is 2.81. The van der Waals surface area contributed by atoms with Crippen LogP contribution in [0.25, 0.3) is 0 Å². The molecule has 2 rings (SSSR count). The highest BCUT2D eigenvalue weighted by molar-refractivity contribution is 5.87. The Bertz CT molecular complexity index is 402. The number of hydrogen-bond donors (Lipinski definition) is 2. The highest BCUT2D eigenvalue weighted by Crippen LogP contribution is 2.21. The molecule has 5 nitrogen and oxygen atoms in total. The van der Waals surface area contributed by atoms with Gasteiger partial charge in [0.25, 0.3) is 0 Å². The summed E-state index contributed by atoms with van der Waals surface area (Å²) in [7, 11) is 4.34. The van der Waals surface area contributed by atoms with Crippen LogP contribution in [0.4, 0.5) is 0 Å². The number of guanidine groups is 1. The van der Waals surface area contributed by atoms with Crippen molar-refractivity contribution in [1.82, 2.24) is 15.5 Å². The summed E-state index contributed by atoms with van der Waals surface area (Å²) in [6.45, 7) is 3.97. The van der Waals surface area contributed by atoms with Gasteiger partial charge in [-0.15, -0.1) is 0 Å². The lowest BCUT2D eigenvalue weighted by molar-refractivity contribution is 0.211. The summed E-state index contributed by atoms with van der Waals surface area (Å²) >= 11 is 0. The van der Waals surface area contributed by atoms with Gasteiger partial charge >= 0.3 is 0 Å². The molecule has 112 valence electrons. The molecule has 0 saturated heterocycles. The molecular weight excluding hydrogens is 250 g/mol. The van der Waals surface area contributed by atoms with Gasteiger partial charge in [-0.05, 0) is 59.7 Å². The first-order chi connectivity index (χ1) is 9.58. The Hall–Kier alpha value is -1.36. The van der Waals surface area contributed by atoms with Gasteiger partial charge in [0.1, 0.15) is 6.17 Å². The minimum Gasteiger partial charge on any atom is -0.364 e. The lowest BCUT2D eigenvalue weighted by Gasteiger charge is -2.33. The normalized spacial score (nSPS) is 30.9. The van der Waals surface area contributed by atoms with Crippen LogP contribution in [0.15, 0.2) is 21.8 Å². The van der Waals surface area contributed by atoms with E-state index in [2.05, 4.69) is 45.7 Å². The average molecular weight is 277 g/mol. The van der Waals surface area contributed by atoms with Gasteiger partial charge in [-0.1, -0.05) is 0 Å². The van der Waals surface area contributed by atoms with Crippen LogP contribution in [-0.2, 0) is 0 Å². The van der Waals surface area contributed by atoms with Gasteiger partial charge in [0.2, 0.25) is 5.96 Å². The van der Waals surface area contributed by atoms with Crippen LogP contribution in [0.5, 0.6) is 0 Å². The molecular formula is C15H27N5. The smallest absolute Gasteiger partial charge is 0.220 e. The van der Waals surface area contributed by atoms with Crippen molar-refractivity contribution in [3.63, 3.8) is 0 Å². The first-order valence-electron chi connectivity index (χ1n) is 7.53. The van der Waals surface area contributed by atoms with Crippen LogP contribution in [0.2, 0.25) is 0 Å². The summed E-state index contributed by atoms with van der Waals surface area (Å²) in [5.74, 6) is 0.752. The van der Waals surface area contributed by atoms with E-state index in [0.717, 1.165) is 12.0 Å². The molecule has 2 N–H and O–H groups in total. The number of rotatable bonds is 3. The molecule has 1 atom stereocenters.